The van der Waals surface area contributed by atoms with E-state index >= 15 is 0 Å². The van der Waals surface area contributed by atoms with Gasteiger partial charge in [0.05, 0.1) is 6.20 Å². The number of anilines is 1. The van der Waals surface area contributed by atoms with Crippen LogP contribution < -0.4 is 10.2 Å². The fraction of sp³-hybridized carbons (Fsp3) is 0.500. The first kappa shape index (κ1) is 13.8. The molecule has 0 bridgehead atoms. The van der Waals surface area contributed by atoms with Gasteiger partial charge in [-0.2, -0.15) is 5.10 Å². The Hall–Kier alpha value is -1.81. The van der Waals surface area contributed by atoms with Gasteiger partial charge in [-0.1, -0.05) is 6.07 Å². The van der Waals surface area contributed by atoms with Crippen LogP contribution >= 0.6 is 0 Å². The zero-order valence-corrected chi connectivity index (χ0v) is 13.0. The van der Waals surface area contributed by atoms with Crippen LogP contribution in [0, 0.1) is 5.92 Å². The van der Waals surface area contributed by atoms with Crippen molar-refractivity contribution in [1.29, 1.82) is 0 Å². The van der Waals surface area contributed by atoms with Crippen LogP contribution in [0.25, 0.3) is 11.1 Å². The lowest BCUT2D eigenvalue weighted by atomic mass is 9.93. The van der Waals surface area contributed by atoms with Crippen LogP contribution in [0.3, 0.4) is 0 Å². The molecule has 1 fully saturated rings. The summed E-state index contributed by atoms with van der Waals surface area (Å²) < 4.78 is 0. The number of fused-ring (bicyclic) bond motifs is 1. The maximum absolute atomic E-state index is 4.06. The van der Waals surface area contributed by atoms with Crippen LogP contribution in [0.1, 0.15) is 24.8 Å². The highest BCUT2D eigenvalue weighted by Crippen LogP contribution is 2.32. The minimum atomic E-state index is 0.848. The molecule has 0 saturated carbocycles. The molecule has 1 aromatic heterocycles. The van der Waals surface area contributed by atoms with E-state index in [1.807, 2.05) is 12.4 Å². The average molecular weight is 296 g/mol. The fourth-order valence-electron chi connectivity index (χ4n) is 3.83. The van der Waals surface area contributed by atoms with Gasteiger partial charge < -0.3 is 10.2 Å². The normalized spacial score (nSPS) is 19.2. The molecule has 0 aliphatic carbocycles. The number of hydrogen-bond donors (Lipinski definition) is 2. The molecule has 116 valence electrons. The lowest BCUT2D eigenvalue weighted by Crippen LogP contribution is -2.38. The topological polar surface area (TPSA) is 44.0 Å². The molecular formula is C18H24N4. The molecule has 3 heterocycles. The van der Waals surface area contributed by atoms with Crippen LogP contribution in [0.5, 0.6) is 0 Å². The second-order valence-corrected chi connectivity index (χ2v) is 6.57. The summed E-state index contributed by atoms with van der Waals surface area (Å²) in [5, 5.41) is 10.4. The quantitative estimate of drug-likeness (QED) is 0.915. The zero-order valence-electron chi connectivity index (χ0n) is 13.0. The van der Waals surface area contributed by atoms with Gasteiger partial charge in [-0.05, 0) is 68.0 Å². The van der Waals surface area contributed by atoms with Gasteiger partial charge in [-0.25, -0.2) is 0 Å². The van der Waals surface area contributed by atoms with E-state index in [-0.39, 0.29) is 0 Å². The molecule has 0 atom stereocenters. The van der Waals surface area contributed by atoms with E-state index in [1.165, 1.54) is 74.2 Å². The summed E-state index contributed by atoms with van der Waals surface area (Å²) in [5.74, 6) is 0.848. The Morgan fingerprint density at radius 3 is 2.91 bits per heavy atom. The molecule has 4 rings (SSSR count). The summed E-state index contributed by atoms with van der Waals surface area (Å²) in [5.41, 5.74) is 5.41. The molecule has 0 radical (unpaired) electrons. The SMILES string of the molecule is c1cc2c(cc1-c1cn[nH]c1)CCCN2CC1CCNCC1. The van der Waals surface area contributed by atoms with Crippen molar-refractivity contribution in [2.24, 2.45) is 5.92 Å². The number of aryl methyl sites for hydroxylation is 1. The van der Waals surface area contributed by atoms with Gasteiger partial charge in [-0.15, -0.1) is 0 Å². The highest BCUT2D eigenvalue weighted by Gasteiger charge is 2.22. The smallest absolute Gasteiger partial charge is 0.0565 e. The average Bonchev–Trinajstić information content (AvgIpc) is 3.10. The molecule has 4 nitrogen and oxygen atoms in total. The molecule has 2 aliphatic heterocycles. The molecule has 2 aliphatic rings. The number of rotatable bonds is 3. The highest BCUT2D eigenvalue weighted by atomic mass is 15.1. The minimum absolute atomic E-state index is 0.848. The van der Waals surface area contributed by atoms with Crippen molar-refractivity contribution < 1.29 is 0 Å². The fourth-order valence-corrected chi connectivity index (χ4v) is 3.83. The number of aromatic nitrogens is 2. The standard InChI is InChI=1S/C18H24N4/c1-2-16-10-15(17-11-20-21-12-17)3-4-18(16)22(9-1)13-14-5-7-19-8-6-14/h3-4,10-12,14,19H,1-2,5-9,13H2,(H,20,21). The van der Waals surface area contributed by atoms with Crippen molar-refractivity contribution in [3.05, 3.63) is 36.2 Å². The molecule has 22 heavy (non-hydrogen) atoms. The first-order valence-electron chi connectivity index (χ1n) is 8.48. The Kier molecular flexibility index (Phi) is 3.85. The Balaban J connectivity index is 1.55. The number of H-pyrrole nitrogens is 1. The van der Waals surface area contributed by atoms with Gasteiger partial charge in [0.2, 0.25) is 0 Å². The predicted molar refractivity (Wildman–Crippen MR) is 90.2 cm³/mol. The summed E-state index contributed by atoms with van der Waals surface area (Å²) in [6.45, 7) is 4.80. The Labute approximate surface area is 131 Å². The van der Waals surface area contributed by atoms with Crippen molar-refractivity contribution in [1.82, 2.24) is 15.5 Å². The van der Waals surface area contributed by atoms with Crippen molar-refractivity contribution in [2.75, 3.05) is 31.1 Å². The third kappa shape index (κ3) is 2.75. The second-order valence-electron chi connectivity index (χ2n) is 6.57. The maximum atomic E-state index is 4.06. The Morgan fingerprint density at radius 2 is 2.09 bits per heavy atom. The molecule has 4 heteroatoms. The third-order valence-electron chi connectivity index (χ3n) is 5.06. The van der Waals surface area contributed by atoms with Crippen LogP contribution in [0.2, 0.25) is 0 Å². The van der Waals surface area contributed by atoms with Crippen molar-refractivity contribution in [3.8, 4) is 11.1 Å². The third-order valence-corrected chi connectivity index (χ3v) is 5.06. The number of nitrogens with zero attached hydrogens (tertiary/aromatic N) is 2. The van der Waals surface area contributed by atoms with E-state index in [9.17, 15) is 0 Å². The largest absolute Gasteiger partial charge is 0.371 e. The molecular weight excluding hydrogens is 272 g/mol. The molecule has 2 N–H and O–H groups in total. The van der Waals surface area contributed by atoms with Crippen molar-refractivity contribution in [3.63, 3.8) is 0 Å². The van der Waals surface area contributed by atoms with E-state index in [2.05, 4.69) is 38.6 Å². The Bertz CT molecular complexity index is 614. The molecule has 2 aromatic rings. The van der Waals surface area contributed by atoms with E-state index in [1.54, 1.807) is 0 Å². The summed E-state index contributed by atoms with van der Waals surface area (Å²) >= 11 is 0. The van der Waals surface area contributed by atoms with E-state index in [0.29, 0.717) is 0 Å². The van der Waals surface area contributed by atoms with E-state index in [0.717, 1.165) is 5.92 Å². The van der Waals surface area contributed by atoms with Gasteiger partial charge in [0.25, 0.3) is 0 Å². The van der Waals surface area contributed by atoms with Gasteiger partial charge >= 0.3 is 0 Å². The lowest BCUT2D eigenvalue weighted by Gasteiger charge is -2.35. The maximum Gasteiger partial charge on any atom is 0.0565 e. The van der Waals surface area contributed by atoms with Crippen molar-refractivity contribution >= 4 is 5.69 Å². The predicted octanol–water partition coefficient (Wildman–Crippen LogP) is 2.83. The lowest BCUT2D eigenvalue weighted by molar-refractivity contribution is 0.371. The molecule has 0 spiro atoms. The summed E-state index contributed by atoms with van der Waals surface area (Å²) in [4.78, 5) is 2.62. The van der Waals surface area contributed by atoms with E-state index in [4.69, 9.17) is 0 Å². The van der Waals surface area contributed by atoms with Crippen LogP contribution in [-0.4, -0.2) is 36.4 Å². The summed E-state index contributed by atoms with van der Waals surface area (Å²) in [6.07, 6.45) is 8.98. The number of benzene rings is 1. The second kappa shape index (κ2) is 6.13. The number of aromatic amines is 1. The molecule has 0 unspecified atom stereocenters. The number of nitrogens with one attached hydrogen (secondary N) is 2. The van der Waals surface area contributed by atoms with Crippen LogP contribution in [0.15, 0.2) is 30.6 Å². The number of piperidine rings is 1. The van der Waals surface area contributed by atoms with Gasteiger partial charge in [-0.3, -0.25) is 5.10 Å². The molecule has 1 saturated heterocycles. The van der Waals surface area contributed by atoms with Gasteiger partial charge in [0, 0.05) is 30.5 Å². The first-order chi connectivity index (χ1) is 10.9. The summed E-state index contributed by atoms with van der Waals surface area (Å²) in [6, 6.07) is 6.91. The Morgan fingerprint density at radius 1 is 1.18 bits per heavy atom. The summed E-state index contributed by atoms with van der Waals surface area (Å²) in [7, 11) is 0. The monoisotopic (exact) mass is 296 g/mol. The number of hydrogen-bond acceptors (Lipinski definition) is 3. The molecule has 0 amide bonds. The first-order valence-corrected chi connectivity index (χ1v) is 8.48. The van der Waals surface area contributed by atoms with Crippen molar-refractivity contribution in [2.45, 2.75) is 25.7 Å². The van der Waals surface area contributed by atoms with Gasteiger partial charge in [0.15, 0.2) is 0 Å². The zero-order chi connectivity index (χ0) is 14.8. The van der Waals surface area contributed by atoms with Crippen LogP contribution in [0.4, 0.5) is 5.69 Å². The van der Waals surface area contributed by atoms with Crippen LogP contribution in [-0.2, 0) is 6.42 Å². The molecule has 1 aromatic carbocycles. The van der Waals surface area contributed by atoms with E-state index < -0.39 is 0 Å². The van der Waals surface area contributed by atoms with Gasteiger partial charge in [0.1, 0.15) is 0 Å². The highest BCUT2D eigenvalue weighted by molar-refractivity contribution is 5.68. The minimum Gasteiger partial charge on any atom is -0.371 e.